The van der Waals surface area contributed by atoms with E-state index in [9.17, 15) is 8.42 Å². The minimum Gasteiger partial charge on any atom is -0.399 e. The molecule has 1 aromatic rings. The van der Waals surface area contributed by atoms with Gasteiger partial charge in [0.15, 0.2) is 0 Å². The summed E-state index contributed by atoms with van der Waals surface area (Å²) in [5, 5.41) is 0. The van der Waals surface area contributed by atoms with Gasteiger partial charge in [-0.3, -0.25) is 0 Å². The van der Waals surface area contributed by atoms with Crippen molar-refractivity contribution in [2.24, 2.45) is 5.92 Å². The highest BCUT2D eigenvalue weighted by molar-refractivity contribution is 7.88. The maximum atomic E-state index is 12.1. The van der Waals surface area contributed by atoms with E-state index < -0.39 is 10.0 Å². The zero-order valence-electron chi connectivity index (χ0n) is 11.3. The van der Waals surface area contributed by atoms with Crippen molar-refractivity contribution < 1.29 is 8.42 Å². The molecule has 0 saturated heterocycles. The van der Waals surface area contributed by atoms with E-state index in [-0.39, 0.29) is 11.8 Å². The summed E-state index contributed by atoms with van der Waals surface area (Å²) in [6.45, 7) is 2.22. The van der Waals surface area contributed by atoms with Crippen molar-refractivity contribution in [3.8, 4) is 0 Å². The first-order valence-electron chi connectivity index (χ1n) is 6.79. The van der Waals surface area contributed by atoms with Gasteiger partial charge in [-0.2, -0.15) is 0 Å². The summed E-state index contributed by atoms with van der Waals surface area (Å²) in [6, 6.07) is 7.09. The van der Waals surface area contributed by atoms with Crippen molar-refractivity contribution >= 4 is 15.7 Å². The van der Waals surface area contributed by atoms with Gasteiger partial charge in [-0.1, -0.05) is 19.1 Å². The molecule has 0 atom stereocenters. The molecule has 0 heterocycles. The fraction of sp³-hybridized carbons (Fsp3) is 0.571. The first kappa shape index (κ1) is 14.3. The molecule has 0 radical (unpaired) electrons. The van der Waals surface area contributed by atoms with Gasteiger partial charge in [-0.05, 0) is 49.3 Å². The first-order valence-corrected chi connectivity index (χ1v) is 8.44. The molecule has 1 aliphatic rings. The molecular formula is C14H22N2O2S. The lowest BCUT2D eigenvalue weighted by atomic mass is 9.88. The zero-order chi connectivity index (χ0) is 13.9. The van der Waals surface area contributed by atoms with E-state index in [1.807, 2.05) is 0 Å². The fourth-order valence-corrected chi connectivity index (χ4v) is 3.96. The fourth-order valence-electron chi connectivity index (χ4n) is 2.51. The van der Waals surface area contributed by atoms with E-state index in [2.05, 4.69) is 11.6 Å². The minimum atomic E-state index is -3.26. The van der Waals surface area contributed by atoms with Gasteiger partial charge in [0.1, 0.15) is 0 Å². The van der Waals surface area contributed by atoms with E-state index in [1.54, 1.807) is 24.3 Å². The summed E-state index contributed by atoms with van der Waals surface area (Å²) in [4.78, 5) is 0. The second-order valence-electron chi connectivity index (χ2n) is 5.58. The molecule has 1 fully saturated rings. The second-order valence-corrected chi connectivity index (χ2v) is 7.33. The largest absolute Gasteiger partial charge is 0.399 e. The van der Waals surface area contributed by atoms with E-state index in [0.717, 1.165) is 37.2 Å². The normalized spacial score (nSPS) is 24.3. The maximum Gasteiger partial charge on any atom is 0.216 e. The van der Waals surface area contributed by atoms with Crippen molar-refractivity contribution in [2.45, 2.75) is 44.4 Å². The average Bonchev–Trinajstić information content (AvgIpc) is 2.34. The highest BCUT2D eigenvalue weighted by Crippen LogP contribution is 2.24. The zero-order valence-corrected chi connectivity index (χ0v) is 12.1. The quantitative estimate of drug-likeness (QED) is 0.832. The number of anilines is 1. The molecule has 5 heteroatoms. The lowest BCUT2D eigenvalue weighted by Crippen LogP contribution is -2.37. The average molecular weight is 282 g/mol. The molecule has 1 aliphatic carbocycles. The van der Waals surface area contributed by atoms with Gasteiger partial charge < -0.3 is 5.73 Å². The van der Waals surface area contributed by atoms with E-state index >= 15 is 0 Å². The summed E-state index contributed by atoms with van der Waals surface area (Å²) in [6.07, 6.45) is 4.11. The number of benzene rings is 1. The Morgan fingerprint density at radius 1 is 1.16 bits per heavy atom. The lowest BCUT2D eigenvalue weighted by Gasteiger charge is -2.26. The van der Waals surface area contributed by atoms with Crippen LogP contribution in [0.15, 0.2) is 24.3 Å². The van der Waals surface area contributed by atoms with Gasteiger partial charge in [-0.25, -0.2) is 13.1 Å². The number of nitrogens with one attached hydrogen (secondary N) is 1. The van der Waals surface area contributed by atoms with Crippen molar-refractivity contribution in [3.05, 3.63) is 29.8 Å². The standard InChI is InChI=1S/C14H22N2O2S/c1-11-2-8-14(9-3-11)16-19(17,18)10-12-4-6-13(15)7-5-12/h4-7,11,14,16H,2-3,8-10,15H2,1H3. The molecule has 19 heavy (non-hydrogen) atoms. The van der Waals surface area contributed by atoms with Crippen molar-refractivity contribution in [1.29, 1.82) is 0 Å². The number of rotatable bonds is 4. The van der Waals surface area contributed by atoms with E-state index in [4.69, 9.17) is 5.73 Å². The number of nitrogen functional groups attached to an aromatic ring is 1. The van der Waals surface area contributed by atoms with Crippen LogP contribution in [0.2, 0.25) is 0 Å². The Labute approximate surface area is 115 Å². The minimum absolute atomic E-state index is 0.0271. The molecule has 4 nitrogen and oxygen atoms in total. The molecule has 3 N–H and O–H groups in total. The molecule has 0 unspecified atom stereocenters. The smallest absolute Gasteiger partial charge is 0.216 e. The Balaban J connectivity index is 1.93. The topological polar surface area (TPSA) is 72.2 Å². The van der Waals surface area contributed by atoms with Gasteiger partial charge in [0, 0.05) is 11.7 Å². The lowest BCUT2D eigenvalue weighted by molar-refractivity contribution is 0.332. The highest BCUT2D eigenvalue weighted by atomic mass is 32.2. The van der Waals surface area contributed by atoms with Crippen LogP contribution >= 0.6 is 0 Å². The summed E-state index contributed by atoms with van der Waals surface area (Å²) in [5.74, 6) is 0.747. The summed E-state index contributed by atoms with van der Waals surface area (Å²) in [5.41, 5.74) is 7.01. The van der Waals surface area contributed by atoms with Crippen LogP contribution in [0.4, 0.5) is 5.69 Å². The van der Waals surface area contributed by atoms with Crippen molar-refractivity contribution in [1.82, 2.24) is 4.72 Å². The molecule has 2 rings (SSSR count). The molecule has 0 bridgehead atoms. The summed E-state index contributed by atoms with van der Waals surface area (Å²) in [7, 11) is -3.26. The molecule has 0 amide bonds. The third kappa shape index (κ3) is 4.51. The van der Waals surface area contributed by atoms with Crippen LogP contribution in [0.25, 0.3) is 0 Å². The van der Waals surface area contributed by atoms with Crippen molar-refractivity contribution in [3.63, 3.8) is 0 Å². The predicted molar refractivity (Wildman–Crippen MR) is 78.0 cm³/mol. The van der Waals surface area contributed by atoms with Gasteiger partial charge in [-0.15, -0.1) is 0 Å². The van der Waals surface area contributed by atoms with Gasteiger partial charge in [0.05, 0.1) is 5.75 Å². The van der Waals surface area contributed by atoms with Crippen LogP contribution in [0.3, 0.4) is 0 Å². The third-order valence-electron chi connectivity index (χ3n) is 3.70. The maximum absolute atomic E-state index is 12.1. The third-order valence-corrected chi connectivity index (χ3v) is 5.10. The van der Waals surface area contributed by atoms with Crippen LogP contribution in [-0.2, 0) is 15.8 Å². The Kier molecular flexibility index (Phi) is 4.47. The number of hydrogen-bond donors (Lipinski definition) is 2. The van der Waals surface area contributed by atoms with Gasteiger partial charge in [0.25, 0.3) is 0 Å². The molecule has 106 valence electrons. The number of hydrogen-bond acceptors (Lipinski definition) is 3. The molecule has 0 aliphatic heterocycles. The number of nitrogens with two attached hydrogens (primary N) is 1. The monoisotopic (exact) mass is 282 g/mol. The molecular weight excluding hydrogens is 260 g/mol. The highest BCUT2D eigenvalue weighted by Gasteiger charge is 2.22. The molecule has 0 aromatic heterocycles. The van der Waals surface area contributed by atoms with E-state index in [0.29, 0.717) is 5.69 Å². The van der Waals surface area contributed by atoms with Crippen LogP contribution in [0.5, 0.6) is 0 Å². The Hall–Kier alpha value is -1.07. The SMILES string of the molecule is CC1CCC(NS(=O)(=O)Cc2ccc(N)cc2)CC1. The first-order chi connectivity index (χ1) is 8.94. The van der Waals surface area contributed by atoms with Gasteiger partial charge >= 0.3 is 0 Å². The summed E-state index contributed by atoms with van der Waals surface area (Å²) >= 11 is 0. The Bertz CT molecular complexity index is 503. The second kappa shape index (κ2) is 5.92. The van der Waals surface area contributed by atoms with E-state index in [1.165, 1.54) is 0 Å². The van der Waals surface area contributed by atoms with Crippen LogP contribution < -0.4 is 10.5 Å². The predicted octanol–water partition coefficient (Wildman–Crippen LogP) is 2.27. The van der Waals surface area contributed by atoms with Gasteiger partial charge in [0.2, 0.25) is 10.0 Å². The molecule has 1 aromatic carbocycles. The molecule has 1 saturated carbocycles. The molecule has 0 spiro atoms. The Morgan fingerprint density at radius 3 is 2.32 bits per heavy atom. The number of sulfonamides is 1. The Morgan fingerprint density at radius 2 is 1.74 bits per heavy atom. The van der Waals surface area contributed by atoms with Crippen molar-refractivity contribution in [2.75, 3.05) is 5.73 Å². The summed E-state index contributed by atoms with van der Waals surface area (Å²) < 4.78 is 27.0. The van der Waals surface area contributed by atoms with Crippen LogP contribution in [-0.4, -0.2) is 14.5 Å². The van der Waals surface area contributed by atoms with Crippen LogP contribution in [0.1, 0.15) is 38.2 Å². The van der Waals surface area contributed by atoms with Crippen LogP contribution in [0, 0.1) is 5.92 Å².